The minimum Gasteiger partial charge on any atom is -0.330 e. The third kappa shape index (κ3) is 2.94. The van der Waals surface area contributed by atoms with Crippen molar-refractivity contribution < 1.29 is 4.92 Å². The second-order valence-electron chi connectivity index (χ2n) is 4.08. The molecule has 0 saturated carbocycles. The Morgan fingerprint density at radius 1 is 1.28 bits per heavy atom. The van der Waals surface area contributed by atoms with Gasteiger partial charge in [-0.15, -0.1) is 11.3 Å². The standard InChI is InChI=1S/C13H14N2O2S/c14-9-11(13-2-1-7-18-13)8-10-3-5-12(6-4-10)15(16)17/h1-7,11H,8-9,14H2. The van der Waals surface area contributed by atoms with Crippen molar-refractivity contribution in [3.63, 3.8) is 0 Å². The summed E-state index contributed by atoms with van der Waals surface area (Å²) in [6.45, 7) is 0.581. The van der Waals surface area contributed by atoms with E-state index in [1.165, 1.54) is 17.0 Å². The van der Waals surface area contributed by atoms with Crippen LogP contribution in [0.4, 0.5) is 5.69 Å². The summed E-state index contributed by atoms with van der Waals surface area (Å²) < 4.78 is 0. The van der Waals surface area contributed by atoms with Gasteiger partial charge in [-0.25, -0.2) is 0 Å². The van der Waals surface area contributed by atoms with Crippen LogP contribution in [0.3, 0.4) is 0 Å². The van der Waals surface area contributed by atoms with E-state index in [1.54, 1.807) is 23.5 Å². The molecule has 0 radical (unpaired) electrons. The summed E-state index contributed by atoms with van der Waals surface area (Å²) in [5, 5.41) is 12.6. The number of nitro groups is 1. The Hall–Kier alpha value is -1.72. The highest BCUT2D eigenvalue weighted by Crippen LogP contribution is 2.25. The number of nitrogens with zero attached hydrogens (tertiary/aromatic N) is 1. The van der Waals surface area contributed by atoms with Crippen LogP contribution < -0.4 is 5.73 Å². The molecular weight excluding hydrogens is 248 g/mol. The molecule has 2 aromatic rings. The van der Waals surface area contributed by atoms with Crippen LogP contribution in [0, 0.1) is 10.1 Å². The Balaban J connectivity index is 2.10. The van der Waals surface area contributed by atoms with Crippen LogP contribution in [0.5, 0.6) is 0 Å². The molecule has 1 unspecified atom stereocenters. The second-order valence-corrected chi connectivity index (χ2v) is 5.05. The molecule has 0 saturated heterocycles. The number of benzene rings is 1. The minimum atomic E-state index is -0.385. The summed E-state index contributed by atoms with van der Waals surface area (Å²) in [5.41, 5.74) is 6.99. The molecule has 1 atom stereocenters. The first-order chi connectivity index (χ1) is 8.70. The molecule has 0 fully saturated rings. The molecule has 1 heterocycles. The lowest BCUT2D eigenvalue weighted by Crippen LogP contribution is -2.13. The molecule has 0 aliphatic heterocycles. The zero-order valence-corrected chi connectivity index (χ0v) is 10.6. The van der Waals surface area contributed by atoms with Crippen LogP contribution in [-0.4, -0.2) is 11.5 Å². The maximum Gasteiger partial charge on any atom is 0.269 e. The molecule has 4 nitrogen and oxygen atoms in total. The highest BCUT2D eigenvalue weighted by molar-refractivity contribution is 7.10. The molecule has 0 aliphatic rings. The second kappa shape index (κ2) is 5.75. The Morgan fingerprint density at radius 3 is 2.50 bits per heavy atom. The normalized spacial score (nSPS) is 12.3. The zero-order valence-electron chi connectivity index (χ0n) is 9.78. The van der Waals surface area contributed by atoms with Gasteiger partial charge in [0.1, 0.15) is 0 Å². The number of non-ortho nitro benzene ring substituents is 1. The number of nitrogens with two attached hydrogens (primary N) is 1. The van der Waals surface area contributed by atoms with Crippen molar-refractivity contribution in [2.45, 2.75) is 12.3 Å². The third-order valence-corrected chi connectivity index (χ3v) is 3.89. The van der Waals surface area contributed by atoms with Crippen molar-refractivity contribution in [2.75, 3.05) is 6.54 Å². The van der Waals surface area contributed by atoms with Gasteiger partial charge in [-0.1, -0.05) is 18.2 Å². The number of thiophene rings is 1. The first-order valence-corrected chi connectivity index (χ1v) is 6.55. The fourth-order valence-corrected chi connectivity index (χ4v) is 2.71. The van der Waals surface area contributed by atoms with Crippen LogP contribution in [0.25, 0.3) is 0 Å². The van der Waals surface area contributed by atoms with E-state index in [0.717, 1.165) is 12.0 Å². The molecule has 2 rings (SSSR count). The number of hydrogen-bond acceptors (Lipinski definition) is 4. The van der Waals surface area contributed by atoms with Crippen molar-refractivity contribution >= 4 is 17.0 Å². The molecule has 2 N–H and O–H groups in total. The summed E-state index contributed by atoms with van der Waals surface area (Å²) in [5.74, 6) is 0.284. The van der Waals surface area contributed by atoms with Gasteiger partial charge in [0, 0.05) is 29.5 Å². The van der Waals surface area contributed by atoms with Crippen molar-refractivity contribution in [2.24, 2.45) is 5.73 Å². The fourth-order valence-electron chi connectivity index (χ4n) is 1.86. The highest BCUT2D eigenvalue weighted by atomic mass is 32.1. The van der Waals surface area contributed by atoms with Crippen LogP contribution in [-0.2, 0) is 6.42 Å². The summed E-state index contributed by atoms with van der Waals surface area (Å²) in [4.78, 5) is 11.4. The van der Waals surface area contributed by atoms with Gasteiger partial charge >= 0.3 is 0 Å². The topological polar surface area (TPSA) is 69.2 Å². The molecule has 94 valence electrons. The molecule has 0 aliphatic carbocycles. The Morgan fingerprint density at radius 2 is 2.00 bits per heavy atom. The smallest absolute Gasteiger partial charge is 0.269 e. The first-order valence-electron chi connectivity index (χ1n) is 5.67. The SMILES string of the molecule is NCC(Cc1ccc([N+](=O)[O-])cc1)c1cccs1. The Labute approximate surface area is 109 Å². The Bertz CT molecular complexity index is 508. The van der Waals surface area contributed by atoms with E-state index in [1.807, 2.05) is 11.4 Å². The van der Waals surface area contributed by atoms with E-state index in [0.29, 0.717) is 6.54 Å². The van der Waals surface area contributed by atoms with Gasteiger partial charge in [-0.05, 0) is 23.4 Å². The molecule has 0 bridgehead atoms. The van der Waals surface area contributed by atoms with E-state index in [4.69, 9.17) is 5.73 Å². The number of hydrogen-bond donors (Lipinski definition) is 1. The minimum absolute atomic E-state index is 0.124. The number of nitro benzene ring substituents is 1. The van der Waals surface area contributed by atoms with Gasteiger partial charge in [0.05, 0.1) is 4.92 Å². The van der Waals surface area contributed by atoms with E-state index >= 15 is 0 Å². The summed E-state index contributed by atoms with van der Waals surface area (Å²) in [6.07, 6.45) is 0.814. The van der Waals surface area contributed by atoms with Gasteiger partial charge < -0.3 is 5.73 Å². The first kappa shape index (κ1) is 12.7. The maximum atomic E-state index is 10.6. The van der Waals surface area contributed by atoms with Gasteiger partial charge in [0.2, 0.25) is 0 Å². The van der Waals surface area contributed by atoms with Gasteiger partial charge in [0.15, 0.2) is 0 Å². The predicted octanol–water partition coefficient (Wildman–Crippen LogP) is 2.94. The number of rotatable bonds is 5. The molecule has 1 aromatic carbocycles. The lowest BCUT2D eigenvalue weighted by molar-refractivity contribution is -0.384. The molecule has 1 aromatic heterocycles. The molecule has 18 heavy (non-hydrogen) atoms. The quantitative estimate of drug-likeness (QED) is 0.665. The van der Waals surface area contributed by atoms with Crippen LogP contribution in [0.15, 0.2) is 41.8 Å². The van der Waals surface area contributed by atoms with Crippen LogP contribution in [0.2, 0.25) is 0 Å². The van der Waals surface area contributed by atoms with E-state index < -0.39 is 0 Å². The van der Waals surface area contributed by atoms with Gasteiger partial charge in [-0.3, -0.25) is 10.1 Å². The fraction of sp³-hybridized carbons (Fsp3) is 0.231. The zero-order chi connectivity index (χ0) is 13.0. The molecular formula is C13H14N2O2S. The predicted molar refractivity (Wildman–Crippen MR) is 72.9 cm³/mol. The van der Waals surface area contributed by atoms with Crippen molar-refractivity contribution in [1.82, 2.24) is 0 Å². The monoisotopic (exact) mass is 262 g/mol. The largest absolute Gasteiger partial charge is 0.330 e. The van der Waals surface area contributed by atoms with Crippen molar-refractivity contribution in [3.05, 3.63) is 62.3 Å². The average molecular weight is 262 g/mol. The average Bonchev–Trinajstić information content (AvgIpc) is 2.90. The molecule has 0 spiro atoms. The summed E-state index contributed by atoms with van der Waals surface area (Å²) in [7, 11) is 0. The summed E-state index contributed by atoms with van der Waals surface area (Å²) in [6, 6.07) is 10.8. The third-order valence-electron chi connectivity index (χ3n) is 2.86. The summed E-state index contributed by atoms with van der Waals surface area (Å²) >= 11 is 1.69. The van der Waals surface area contributed by atoms with Crippen molar-refractivity contribution in [1.29, 1.82) is 0 Å². The van der Waals surface area contributed by atoms with E-state index in [2.05, 4.69) is 6.07 Å². The highest BCUT2D eigenvalue weighted by Gasteiger charge is 2.12. The van der Waals surface area contributed by atoms with Gasteiger partial charge in [-0.2, -0.15) is 0 Å². The lowest BCUT2D eigenvalue weighted by Gasteiger charge is -2.12. The molecule has 5 heteroatoms. The van der Waals surface area contributed by atoms with E-state index in [9.17, 15) is 10.1 Å². The van der Waals surface area contributed by atoms with Gasteiger partial charge in [0.25, 0.3) is 5.69 Å². The molecule has 0 amide bonds. The van der Waals surface area contributed by atoms with Crippen LogP contribution >= 0.6 is 11.3 Å². The maximum absolute atomic E-state index is 10.6. The van der Waals surface area contributed by atoms with Crippen LogP contribution in [0.1, 0.15) is 16.4 Å². The Kier molecular flexibility index (Phi) is 4.07. The van der Waals surface area contributed by atoms with Crippen molar-refractivity contribution in [3.8, 4) is 0 Å². The lowest BCUT2D eigenvalue weighted by atomic mass is 9.98. The van der Waals surface area contributed by atoms with E-state index in [-0.39, 0.29) is 16.5 Å².